The Labute approximate surface area is 98.4 Å². The minimum Gasteiger partial charge on any atom is -0.357 e. The summed E-state index contributed by atoms with van der Waals surface area (Å²) in [6, 6.07) is 0. The highest BCUT2D eigenvalue weighted by Crippen LogP contribution is 2.26. The van der Waals surface area contributed by atoms with Crippen molar-refractivity contribution in [3.8, 4) is 0 Å². The van der Waals surface area contributed by atoms with Crippen LogP contribution < -0.4 is 0 Å². The van der Waals surface area contributed by atoms with Gasteiger partial charge in [0.05, 0.1) is 0 Å². The van der Waals surface area contributed by atoms with Crippen LogP contribution in [0.4, 0.5) is 0 Å². The van der Waals surface area contributed by atoms with Gasteiger partial charge >= 0.3 is 0 Å². The molecule has 1 aromatic heterocycles. The summed E-state index contributed by atoms with van der Waals surface area (Å²) in [6.07, 6.45) is 7.93. The van der Waals surface area contributed by atoms with Crippen LogP contribution in [-0.4, -0.2) is 23.5 Å². The molecule has 0 aromatic carbocycles. The lowest BCUT2D eigenvalue weighted by atomic mass is 10.00. The Morgan fingerprint density at radius 3 is 2.88 bits per heavy atom. The fourth-order valence-corrected chi connectivity index (χ4v) is 2.53. The van der Waals surface area contributed by atoms with E-state index >= 15 is 0 Å². The number of H-pyrrole nitrogens is 1. The molecule has 1 N–H and O–H groups in total. The number of rotatable bonds is 3. The largest absolute Gasteiger partial charge is 0.357 e. The lowest BCUT2D eigenvalue weighted by Gasteiger charge is -2.22. The van der Waals surface area contributed by atoms with Gasteiger partial charge in [-0.25, -0.2) is 0 Å². The normalized spacial score (nSPS) is 16.9. The van der Waals surface area contributed by atoms with E-state index in [2.05, 4.69) is 42.9 Å². The zero-order chi connectivity index (χ0) is 11.5. The Bertz CT molecular complexity index is 388. The average molecular weight is 218 g/mol. The highest BCUT2D eigenvalue weighted by molar-refractivity contribution is 5.55. The predicted octanol–water partition coefficient (Wildman–Crippen LogP) is 2.99. The number of hydrogen-bond donors (Lipinski definition) is 1. The van der Waals surface area contributed by atoms with E-state index in [1.165, 1.54) is 29.9 Å². The van der Waals surface area contributed by atoms with Gasteiger partial charge in [0, 0.05) is 24.5 Å². The number of allylic oxidation sites excluding steroid dienone is 1. The van der Waals surface area contributed by atoms with Crippen LogP contribution >= 0.6 is 0 Å². The molecule has 0 aliphatic carbocycles. The third-order valence-corrected chi connectivity index (χ3v) is 3.38. The van der Waals surface area contributed by atoms with Crippen molar-refractivity contribution in [3.05, 3.63) is 28.6 Å². The van der Waals surface area contributed by atoms with Crippen LogP contribution in [0, 0.1) is 0 Å². The summed E-state index contributed by atoms with van der Waals surface area (Å²) in [7, 11) is 2.19. The zero-order valence-electron chi connectivity index (χ0n) is 10.6. The van der Waals surface area contributed by atoms with Gasteiger partial charge in [-0.3, -0.25) is 0 Å². The minimum absolute atomic E-state index is 1.07. The monoisotopic (exact) mass is 218 g/mol. The van der Waals surface area contributed by atoms with Crippen LogP contribution in [0.2, 0.25) is 0 Å². The van der Waals surface area contributed by atoms with Gasteiger partial charge in [0.1, 0.15) is 0 Å². The quantitative estimate of drug-likeness (QED) is 0.826. The summed E-state index contributed by atoms with van der Waals surface area (Å²) in [4.78, 5) is 5.97. The lowest BCUT2D eigenvalue weighted by Crippen LogP contribution is -2.26. The molecule has 0 saturated heterocycles. The molecule has 16 heavy (non-hydrogen) atoms. The molecule has 0 unspecified atom stereocenters. The maximum atomic E-state index is 3.59. The van der Waals surface area contributed by atoms with Crippen molar-refractivity contribution < 1.29 is 0 Å². The fraction of sp³-hybridized carbons (Fsp3) is 0.571. The van der Waals surface area contributed by atoms with Crippen LogP contribution in [0.1, 0.15) is 42.8 Å². The van der Waals surface area contributed by atoms with Crippen LogP contribution in [0.5, 0.6) is 0 Å². The summed E-state index contributed by atoms with van der Waals surface area (Å²) in [5, 5.41) is 0. The molecule has 88 valence electrons. The number of hydrogen-bond acceptors (Lipinski definition) is 1. The van der Waals surface area contributed by atoms with E-state index in [1.54, 1.807) is 5.56 Å². The first-order valence-corrected chi connectivity index (χ1v) is 6.33. The van der Waals surface area contributed by atoms with E-state index in [0.29, 0.717) is 0 Å². The first kappa shape index (κ1) is 11.5. The van der Waals surface area contributed by atoms with E-state index in [1.807, 2.05) is 0 Å². The third kappa shape index (κ3) is 2.07. The Morgan fingerprint density at radius 1 is 1.38 bits per heavy atom. The van der Waals surface area contributed by atoms with Crippen LogP contribution in [0.3, 0.4) is 0 Å². The van der Waals surface area contributed by atoms with Gasteiger partial charge in [-0.1, -0.05) is 19.9 Å². The van der Waals surface area contributed by atoms with Gasteiger partial charge < -0.3 is 9.88 Å². The smallest absolute Gasteiger partial charge is 0.0414 e. The molecule has 2 nitrogen and oxygen atoms in total. The topological polar surface area (TPSA) is 19.0 Å². The number of fused-ring (bicyclic) bond motifs is 1. The zero-order valence-corrected chi connectivity index (χ0v) is 10.6. The molecule has 0 fully saturated rings. The molecule has 0 radical (unpaired) electrons. The SMILES string of the molecule is CC/C=C\c1[nH]c2c(c1CC)CCN(C)C2. The van der Waals surface area contributed by atoms with Crippen molar-refractivity contribution in [1.29, 1.82) is 0 Å². The van der Waals surface area contributed by atoms with Crippen molar-refractivity contribution in [1.82, 2.24) is 9.88 Å². The van der Waals surface area contributed by atoms with Crippen LogP contribution in [0.25, 0.3) is 6.08 Å². The van der Waals surface area contributed by atoms with E-state index in [0.717, 1.165) is 19.4 Å². The Kier molecular flexibility index (Phi) is 3.49. The first-order chi connectivity index (χ1) is 7.76. The van der Waals surface area contributed by atoms with Crippen molar-refractivity contribution in [2.75, 3.05) is 13.6 Å². The molecular weight excluding hydrogens is 196 g/mol. The standard InChI is InChI=1S/C14H22N2/c1-4-6-7-13-11(5-2)12-8-9-16(3)10-14(12)15-13/h6-7,15H,4-5,8-10H2,1-3H3/b7-6-. The summed E-state index contributed by atoms with van der Waals surface area (Å²) in [5.41, 5.74) is 5.88. The number of aromatic amines is 1. The van der Waals surface area contributed by atoms with E-state index in [-0.39, 0.29) is 0 Å². The highest BCUT2D eigenvalue weighted by atomic mass is 15.1. The second-order valence-corrected chi connectivity index (χ2v) is 4.63. The second kappa shape index (κ2) is 4.88. The molecule has 2 heteroatoms. The predicted molar refractivity (Wildman–Crippen MR) is 69.5 cm³/mol. The van der Waals surface area contributed by atoms with Gasteiger partial charge in [0.25, 0.3) is 0 Å². The molecular formula is C14H22N2. The number of nitrogens with one attached hydrogen (secondary N) is 1. The Hall–Kier alpha value is -1.02. The molecule has 1 aliphatic heterocycles. The third-order valence-electron chi connectivity index (χ3n) is 3.38. The minimum atomic E-state index is 1.07. The van der Waals surface area contributed by atoms with Gasteiger partial charge in [-0.2, -0.15) is 0 Å². The average Bonchev–Trinajstić information content (AvgIpc) is 2.62. The maximum Gasteiger partial charge on any atom is 0.0414 e. The van der Waals surface area contributed by atoms with Gasteiger partial charge in [0.2, 0.25) is 0 Å². The number of aromatic nitrogens is 1. The molecule has 2 heterocycles. The number of nitrogens with zero attached hydrogens (tertiary/aromatic N) is 1. The molecule has 0 saturated carbocycles. The lowest BCUT2D eigenvalue weighted by molar-refractivity contribution is 0.309. The van der Waals surface area contributed by atoms with E-state index < -0.39 is 0 Å². The molecule has 1 aromatic rings. The Morgan fingerprint density at radius 2 is 2.19 bits per heavy atom. The summed E-state index contributed by atoms with van der Waals surface area (Å²) in [6.45, 7) is 6.70. The second-order valence-electron chi connectivity index (χ2n) is 4.63. The van der Waals surface area contributed by atoms with Gasteiger partial charge in [-0.05, 0) is 43.5 Å². The number of likely N-dealkylation sites (N-methyl/N-ethyl adjacent to an activating group) is 1. The van der Waals surface area contributed by atoms with Crippen LogP contribution in [-0.2, 0) is 19.4 Å². The van der Waals surface area contributed by atoms with Crippen molar-refractivity contribution in [2.45, 2.75) is 39.7 Å². The van der Waals surface area contributed by atoms with E-state index in [4.69, 9.17) is 0 Å². The van der Waals surface area contributed by atoms with Crippen LogP contribution in [0.15, 0.2) is 6.08 Å². The summed E-state index contributed by atoms with van der Waals surface area (Å²) < 4.78 is 0. The molecule has 1 aliphatic rings. The fourth-order valence-electron chi connectivity index (χ4n) is 2.53. The van der Waals surface area contributed by atoms with Gasteiger partial charge in [0.15, 0.2) is 0 Å². The molecule has 0 spiro atoms. The van der Waals surface area contributed by atoms with Crippen molar-refractivity contribution in [2.24, 2.45) is 0 Å². The Balaban J connectivity index is 2.36. The molecule has 0 bridgehead atoms. The van der Waals surface area contributed by atoms with Crippen molar-refractivity contribution >= 4 is 6.08 Å². The summed E-state index contributed by atoms with van der Waals surface area (Å²) in [5.74, 6) is 0. The van der Waals surface area contributed by atoms with E-state index in [9.17, 15) is 0 Å². The summed E-state index contributed by atoms with van der Waals surface area (Å²) >= 11 is 0. The van der Waals surface area contributed by atoms with Gasteiger partial charge in [-0.15, -0.1) is 0 Å². The molecule has 0 atom stereocenters. The maximum absolute atomic E-state index is 3.59. The molecule has 2 rings (SSSR count). The first-order valence-electron chi connectivity index (χ1n) is 6.33. The highest BCUT2D eigenvalue weighted by Gasteiger charge is 2.19. The van der Waals surface area contributed by atoms with Crippen molar-refractivity contribution in [3.63, 3.8) is 0 Å². The molecule has 0 amide bonds.